The molecule has 0 aromatic heterocycles. The van der Waals surface area contributed by atoms with E-state index in [0.29, 0.717) is 12.5 Å². The number of aliphatic hydroxyl groups excluding tert-OH is 1. The monoisotopic (exact) mass is 277 g/mol. The smallest absolute Gasteiger partial charge is 0.312 e. The van der Waals surface area contributed by atoms with Crippen LogP contribution in [0.25, 0.3) is 0 Å². The summed E-state index contributed by atoms with van der Waals surface area (Å²) in [5.41, 5.74) is 0.830. The van der Waals surface area contributed by atoms with E-state index >= 15 is 0 Å². The van der Waals surface area contributed by atoms with E-state index in [1.165, 1.54) is 0 Å². The van der Waals surface area contributed by atoms with E-state index in [4.69, 9.17) is 0 Å². The molecule has 1 aromatic carbocycles. The molecule has 3 unspecified atom stereocenters. The Hall–Kier alpha value is -1.39. The van der Waals surface area contributed by atoms with Gasteiger partial charge in [-0.2, -0.15) is 0 Å². The first kappa shape index (κ1) is 15.0. The maximum absolute atomic E-state index is 11.4. The maximum Gasteiger partial charge on any atom is 0.312 e. The van der Waals surface area contributed by atoms with E-state index in [-0.39, 0.29) is 6.10 Å². The van der Waals surface area contributed by atoms with Crippen molar-refractivity contribution in [3.05, 3.63) is 35.9 Å². The summed E-state index contributed by atoms with van der Waals surface area (Å²) in [7, 11) is 0. The molecule has 20 heavy (non-hydrogen) atoms. The van der Waals surface area contributed by atoms with Gasteiger partial charge in [0.05, 0.1) is 12.0 Å². The summed E-state index contributed by atoms with van der Waals surface area (Å²) in [5.74, 6) is -0.846. The van der Waals surface area contributed by atoms with E-state index in [9.17, 15) is 15.0 Å². The van der Waals surface area contributed by atoms with Crippen LogP contribution in [0, 0.1) is 5.92 Å². The van der Waals surface area contributed by atoms with Gasteiger partial charge in [0.15, 0.2) is 0 Å². The third kappa shape index (κ3) is 4.32. The van der Waals surface area contributed by atoms with E-state index in [1.54, 1.807) is 0 Å². The molecule has 4 nitrogen and oxygen atoms in total. The van der Waals surface area contributed by atoms with Gasteiger partial charge >= 0.3 is 5.97 Å². The molecule has 4 heteroatoms. The molecule has 1 aromatic rings. The van der Waals surface area contributed by atoms with Gasteiger partial charge in [-0.05, 0) is 37.3 Å². The average molecular weight is 277 g/mol. The summed E-state index contributed by atoms with van der Waals surface area (Å²) in [5, 5.41) is 22.2. The molecule has 3 atom stereocenters. The van der Waals surface area contributed by atoms with Crippen molar-refractivity contribution in [2.75, 3.05) is 13.1 Å². The number of rotatable bonds is 6. The van der Waals surface area contributed by atoms with Gasteiger partial charge in [-0.1, -0.05) is 36.8 Å². The molecule has 3 N–H and O–H groups in total. The van der Waals surface area contributed by atoms with Crippen LogP contribution in [-0.4, -0.2) is 35.4 Å². The zero-order valence-corrected chi connectivity index (χ0v) is 11.7. The first-order chi connectivity index (χ1) is 9.66. The van der Waals surface area contributed by atoms with Gasteiger partial charge in [0.1, 0.15) is 0 Å². The number of aliphatic hydroxyl groups is 1. The van der Waals surface area contributed by atoms with Crippen molar-refractivity contribution >= 4 is 5.97 Å². The highest BCUT2D eigenvalue weighted by Gasteiger charge is 2.22. The Balaban J connectivity index is 1.82. The third-order valence-corrected chi connectivity index (χ3v) is 4.04. The highest BCUT2D eigenvalue weighted by molar-refractivity contribution is 5.76. The van der Waals surface area contributed by atoms with Gasteiger partial charge in [0.2, 0.25) is 0 Å². The van der Waals surface area contributed by atoms with Crippen LogP contribution in [0.4, 0.5) is 0 Å². The fourth-order valence-electron chi connectivity index (χ4n) is 2.91. The van der Waals surface area contributed by atoms with E-state index in [2.05, 4.69) is 5.32 Å². The molecule has 0 amide bonds. The summed E-state index contributed by atoms with van der Waals surface area (Å²) in [6, 6.07) is 9.32. The summed E-state index contributed by atoms with van der Waals surface area (Å²) < 4.78 is 0. The van der Waals surface area contributed by atoms with Crippen LogP contribution in [0.2, 0.25) is 0 Å². The van der Waals surface area contributed by atoms with Crippen LogP contribution in [-0.2, 0) is 4.79 Å². The predicted molar refractivity (Wildman–Crippen MR) is 77.7 cm³/mol. The molecule has 0 spiro atoms. The number of carbonyl (C=O) groups is 1. The minimum Gasteiger partial charge on any atom is -0.481 e. The van der Waals surface area contributed by atoms with E-state index < -0.39 is 11.9 Å². The number of carboxylic acids is 1. The molecule has 0 radical (unpaired) electrons. The van der Waals surface area contributed by atoms with Crippen molar-refractivity contribution in [2.24, 2.45) is 5.92 Å². The SMILES string of the molecule is O=C(O)C(CNCC1CCCC(O)C1)c1ccccc1. The lowest BCUT2D eigenvalue weighted by Gasteiger charge is -2.26. The molecule has 2 rings (SSSR count). The summed E-state index contributed by atoms with van der Waals surface area (Å²) >= 11 is 0. The second-order valence-electron chi connectivity index (χ2n) is 5.65. The predicted octanol–water partition coefficient (Wildman–Crippen LogP) is 2.00. The molecule has 1 aliphatic carbocycles. The van der Waals surface area contributed by atoms with Gasteiger partial charge in [-0.25, -0.2) is 0 Å². The summed E-state index contributed by atoms with van der Waals surface area (Å²) in [6.45, 7) is 1.22. The number of hydrogen-bond acceptors (Lipinski definition) is 3. The van der Waals surface area contributed by atoms with E-state index in [1.807, 2.05) is 30.3 Å². The summed E-state index contributed by atoms with van der Waals surface area (Å²) in [6.07, 6.45) is 3.73. The van der Waals surface area contributed by atoms with Gasteiger partial charge < -0.3 is 15.5 Å². The van der Waals surface area contributed by atoms with Crippen LogP contribution < -0.4 is 5.32 Å². The molecule has 110 valence electrons. The lowest BCUT2D eigenvalue weighted by molar-refractivity contribution is -0.138. The van der Waals surface area contributed by atoms with Gasteiger partial charge in [-0.15, -0.1) is 0 Å². The molecular formula is C16H23NO3. The van der Waals surface area contributed by atoms with E-state index in [0.717, 1.165) is 37.8 Å². The standard InChI is InChI=1S/C16H23NO3/c18-14-8-4-5-12(9-14)10-17-11-15(16(19)20)13-6-2-1-3-7-13/h1-3,6-7,12,14-15,17-18H,4-5,8-11H2,(H,19,20). The molecule has 1 saturated carbocycles. The second kappa shape index (κ2) is 7.41. The Morgan fingerprint density at radius 2 is 2.05 bits per heavy atom. The minimum atomic E-state index is -0.799. The lowest BCUT2D eigenvalue weighted by atomic mass is 9.87. The van der Waals surface area contributed by atoms with Gasteiger partial charge in [-0.3, -0.25) is 4.79 Å². The fourth-order valence-corrected chi connectivity index (χ4v) is 2.91. The number of hydrogen-bond donors (Lipinski definition) is 3. The molecule has 1 fully saturated rings. The van der Waals surface area contributed by atoms with Crippen LogP contribution >= 0.6 is 0 Å². The molecule has 0 saturated heterocycles. The second-order valence-corrected chi connectivity index (χ2v) is 5.65. The normalized spacial score (nSPS) is 24.2. The zero-order valence-electron chi connectivity index (χ0n) is 11.7. The number of benzene rings is 1. The average Bonchev–Trinajstić information content (AvgIpc) is 2.44. The molecule has 0 aliphatic heterocycles. The minimum absolute atomic E-state index is 0.181. The topological polar surface area (TPSA) is 69.6 Å². The Morgan fingerprint density at radius 1 is 1.30 bits per heavy atom. The highest BCUT2D eigenvalue weighted by Crippen LogP contribution is 2.23. The van der Waals surface area contributed by atoms with Crippen molar-refractivity contribution < 1.29 is 15.0 Å². The molecule has 1 aliphatic rings. The van der Waals surface area contributed by atoms with Crippen LogP contribution in [0.1, 0.15) is 37.2 Å². The molecular weight excluding hydrogens is 254 g/mol. The Labute approximate surface area is 119 Å². The lowest BCUT2D eigenvalue weighted by Crippen LogP contribution is -2.33. The number of aliphatic carboxylic acids is 1. The maximum atomic E-state index is 11.4. The Kier molecular flexibility index (Phi) is 5.56. The fraction of sp³-hybridized carbons (Fsp3) is 0.562. The zero-order chi connectivity index (χ0) is 14.4. The largest absolute Gasteiger partial charge is 0.481 e. The number of carboxylic acid groups (broad SMARTS) is 1. The van der Waals surface area contributed by atoms with Crippen LogP contribution in [0.5, 0.6) is 0 Å². The van der Waals surface area contributed by atoms with Crippen molar-refractivity contribution in [1.29, 1.82) is 0 Å². The Bertz CT molecular complexity index is 421. The van der Waals surface area contributed by atoms with Crippen LogP contribution in [0.3, 0.4) is 0 Å². The first-order valence-electron chi connectivity index (χ1n) is 7.33. The highest BCUT2D eigenvalue weighted by atomic mass is 16.4. The molecule has 0 heterocycles. The Morgan fingerprint density at radius 3 is 2.70 bits per heavy atom. The number of nitrogens with one attached hydrogen (secondary N) is 1. The molecule has 0 bridgehead atoms. The van der Waals surface area contributed by atoms with Crippen molar-refractivity contribution in [1.82, 2.24) is 5.32 Å². The van der Waals surface area contributed by atoms with Gasteiger partial charge in [0, 0.05) is 6.54 Å². The first-order valence-corrected chi connectivity index (χ1v) is 7.33. The third-order valence-electron chi connectivity index (χ3n) is 4.04. The van der Waals surface area contributed by atoms with Crippen LogP contribution in [0.15, 0.2) is 30.3 Å². The van der Waals surface area contributed by atoms with Gasteiger partial charge in [0.25, 0.3) is 0 Å². The quantitative estimate of drug-likeness (QED) is 0.744. The van der Waals surface area contributed by atoms with Crippen molar-refractivity contribution in [2.45, 2.75) is 37.7 Å². The van der Waals surface area contributed by atoms with Crippen molar-refractivity contribution in [3.8, 4) is 0 Å². The van der Waals surface area contributed by atoms with Crippen molar-refractivity contribution in [3.63, 3.8) is 0 Å². The summed E-state index contributed by atoms with van der Waals surface area (Å²) in [4.78, 5) is 11.4.